The average Bonchev–Trinajstić information content (AvgIpc) is 2.33. The number of nitrogens with one attached hydrogen (secondary N) is 1. The molecule has 0 bridgehead atoms. The van der Waals surface area contributed by atoms with Crippen molar-refractivity contribution in [2.45, 2.75) is 19.8 Å². The first-order valence-electron chi connectivity index (χ1n) is 5.80. The van der Waals surface area contributed by atoms with Crippen LogP contribution in [0, 0.1) is 11.7 Å². The molecule has 0 radical (unpaired) electrons. The zero-order valence-corrected chi connectivity index (χ0v) is 9.95. The first kappa shape index (κ1) is 13.6. The van der Waals surface area contributed by atoms with Crippen molar-refractivity contribution in [3.8, 4) is 0 Å². The van der Waals surface area contributed by atoms with Crippen molar-refractivity contribution in [1.82, 2.24) is 5.32 Å². The molecule has 1 aromatic rings. The number of aliphatic hydroxyl groups is 1. The molecule has 0 aliphatic carbocycles. The molecule has 1 rings (SSSR count). The van der Waals surface area contributed by atoms with Gasteiger partial charge in [-0.05, 0) is 30.5 Å². The van der Waals surface area contributed by atoms with E-state index in [1.165, 1.54) is 12.1 Å². The van der Waals surface area contributed by atoms with Crippen LogP contribution in [0.25, 0.3) is 0 Å². The molecule has 3 nitrogen and oxygen atoms in total. The number of aliphatic hydroxyl groups excluding tert-OH is 1. The molecule has 0 saturated carbocycles. The van der Waals surface area contributed by atoms with Crippen molar-refractivity contribution < 1.29 is 14.3 Å². The van der Waals surface area contributed by atoms with Crippen molar-refractivity contribution in [2.75, 3.05) is 13.2 Å². The fraction of sp³-hybridized carbons (Fsp3) is 0.462. The summed E-state index contributed by atoms with van der Waals surface area (Å²) in [6.45, 7) is 2.24. The molecule has 0 saturated heterocycles. The van der Waals surface area contributed by atoms with Gasteiger partial charge in [-0.3, -0.25) is 4.79 Å². The fourth-order valence-corrected chi connectivity index (χ4v) is 1.52. The summed E-state index contributed by atoms with van der Waals surface area (Å²) < 4.78 is 12.6. The molecule has 0 fully saturated rings. The number of hydrogen-bond donors (Lipinski definition) is 2. The maximum absolute atomic E-state index is 12.6. The van der Waals surface area contributed by atoms with Gasteiger partial charge in [0.15, 0.2) is 0 Å². The van der Waals surface area contributed by atoms with Gasteiger partial charge < -0.3 is 10.4 Å². The number of benzene rings is 1. The molecule has 0 aliphatic rings. The van der Waals surface area contributed by atoms with Crippen LogP contribution in [0.4, 0.5) is 4.39 Å². The van der Waals surface area contributed by atoms with Crippen LogP contribution >= 0.6 is 0 Å². The standard InChI is InChI=1S/C13H18FNO2/c1-2-11(9-16)13(17)15-8-7-10-3-5-12(14)6-4-10/h3-6,11,16H,2,7-9H2,1H3,(H,15,17). The molecule has 4 heteroatoms. The van der Waals surface area contributed by atoms with Crippen LogP contribution < -0.4 is 5.32 Å². The van der Waals surface area contributed by atoms with Gasteiger partial charge in [-0.25, -0.2) is 4.39 Å². The smallest absolute Gasteiger partial charge is 0.225 e. The van der Waals surface area contributed by atoms with E-state index in [4.69, 9.17) is 5.11 Å². The lowest BCUT2D eigenvalue weighted by molar-refractivity contribution is -0.126. The van der Waals surface area contributed by atoms with E-state index in [-0.39, 0.29) is 24.2 Å². The largest absolute Gasteiger partial charge is 0.396 e. The SMILES string of the molecule is CCC(CO)C(=O)NCCc1ccc(F)cc1. The van der Waals surface area contributed by atoms with E-state index in [0.717, 1.165) is 5.56 Å². The molecule has 0 heterocycles. The van der Waals surface area contributed by atoms with Crippen molar-refractivity contribution in [2.24, 2.45) is 5.92 Å². The molecule has 1 amide bonds. The van der Waals surface area contributed by atoms with Crippen LogP contribution in [0.15, 0.2) is 24.3 Å². The second kappa shape index (κ2) is 7.01. The molecule has 0 aliphatic heterocycles. The van der Waals surface area contributed by atoms with E-state index in [9.17, 15) is 9.18 Å². The van der Waals surface area contributed by atoms with Crippen molar-refractivity contribution in [3.05, 3.63) is 35.6 Å². The molecule has 0 aromatic heterocycles. The highest BCUT2D eigenvalue weighted by molar-refractivity contribution is 5.78. The van der Waals surface area contributed by atoms with Crippen LogP contribution in [-0.4, -0.2) is 24.2 Å². The number of amides is 1. The zero-order valence-electron chi connectivity index (χ0n) is 9.95. The lowest BCUT2D eigenvalue weighted by atomic mass is 10.1. The number of halogens is 1. The lowest BCUT2D eigenvalue weighted by Crippen LogP contribution is -2.33. The van der Waals surface area contributed by atoms with Crippen molar-refractivity contribution >= 4 is 5.91 Å². The maximum Gasteiger partial charge on any atom is 0.225 e. The summed E-state index contributed by atoms with van der Waals surface area (Å²) in [5.74, 6) is -0.718. The summed E-state index contributed by atoms with van der Waals surface area (Å²) in [7, 11) is 0. The third-order valence-electron chi connectivity index (χ3n) is 2.71. The summed E-state index contributed by atoms with van der Waals surface area (Å²) in [5, 5.41) is 11.7. The Labute approximate surface area is 101 Å². The second-order valence-electron chi connectivity index (χ2n) is 3.96. The number of rotatable bonds is 6. The fourth-order valence-electron chi connectivity index (χ4n) is 1.52. The normalized spacial score (nSPS) is 12.2. The molecule has 1 aromatic carbocycles. The van der Waals surface area contributed by atoms with Crippen LogP contribution in [0.5, 0.6) is 0 Å². The summed E-state index contributed by atoms with van der Waals surface area (Å²) in [5.41, 5.74) is 0.976. The van der Waals surface area contributed by atoms with E-state index in [2.05, 4.69) is 5.32 Å². The monoisotopic (exact) mass is 239 g/mol. The summed E-state index contributed by atoms with van der Waals surface area (Å²) in [4.78, 5) is 11.5. The maximum atomic E-state index is 12.6. The van der Waals surface area contributed by atoms with E-state index in [0.29, 0.717) is 19.4 Å². The van der Waals surface area contributed by atoms with Gasteiger partial charge in [0.25, 0.3) is 0 Å². The topological polar surface area (TPSA) is 49.3 Å². The number of carbonyl (C=O) groups is 1. The van der Waals surface area contributed by atoms with Gasteiger partial charge in [-0.1, -0.05) is 19.1 Å². The highest BCUT2D eigenvalue weighted by Crippen LogP contribution is 2.04. The van der Waals surface area contributed by atoms with E-state index >= 15 is 0 Å². The molecule has 1 unspecified atom stereocenters. The minimum atomic E-state index is -0.330. The Kier molecular flexibility index (Phi) is 5.63. The Morgan fingerprint density at radius 1 is 1.41 bits per heavy atom. The van der Waals surface area contributed by atoms with Crippen LogP contribution in [0.1, 0.15) is 18.9 Å². The summed E-state index contributed by atoms with van der Waals surface area (Å²) in [6.07, 6.45) is 1.28. The van der Waals surface area contributed by atoms with Crippen LogP contribution in [0.3, 0.4) is 0 Å². The zero-order chi connectivity index (χ0) is 12.7. The lowest BCUT2D eigenvalue weighted by Gasteiger charge is -2.11. The van der Waals surface area contributed by atoms with E-state index < -0.39 is 0 Å². The highest BCUT2D eigenvalue weighted by atomic mass is 19.1. The molecule has 1 atom stereocenters. The third kappa shape index (κ3) is 4.53. The Bertz CT molecular complexity index is 347. The summed E-state index contributed by atoms with van der Waals surface area (Å²) in [6, 6.07) is 6.20. The minimum Gasteiger partial charge on any atom is -0.396 e. The number of hydrogen-bond acceptors (Lipinski definition) is 2. The van der Waals surface area contributed by atoms with Crippen molar-refractivity contribution in [3.63, 3.8) is 0 Å². The number of carbonyl (C=O) groups excluding carboxylic acids is 1. The molecule has 94 valence electrons. The van der Waals surface area contributed by atoms with Crippen LogP contribution in [-0.2, 0) is 11.2 Å². The van der Waals surface area contributed by atoms with Crippen LogP contribution in [0.2, 0.25) is 0 Å². The van der Waals surface area contributed by atoms with E-state index in [1.54, 1.807) is 12.1 Å². The Hall–Kier alpha value is -1.42. The Morgan fingerprint density at radius 2 is 2.06 bits per heavy atom. The highest BCUT2D eigenvalue weighted by Gasteiger charge is 2.13. The van der Waals surface area contributed by atoms with Gasteiger partial charge >= 0.3 is 0 Å². The Morgan fingerprint density at radius 3 is 2.59 bits per heavy atom. The second-order valence-corrected chi connectivity index (χ2v) is 3.96. The van der Waals surface area contributed by atoms with E-state index in [1.807, 2.05) is 6.92 Å². The predicted octanol–water partition coefficient (Wildman–Crippen LogP) is 1.50. The first-order chi connectivity index (χ1) is 8.17. The first-order valence-corrected chi connectivity index (χ1v) is 5.80. The Balaban J connectivity index is 2.32. The molecule has 0 spiro atoms. The van der Waals surface area contributed by atoms with Gasteiger partial charge in [-0.15, -0.1) is 0 Å². The van der Waals surface area contributed by atoms with Gasteiger partial charge in [0, 0.05) is 6.54 Å². The predicted molar refractivity (Wildman–Crippen MR) is 64.0 cm³/mol. The third-order valence-corrected chi connectivity index (χ3v) is 2.71. The van der Waals surface area contributed by atoms with Crippen molar-refractivity contribution in [1.29, 1.82) is 0 Å². The average molecular weight is 239 g/mol. The van der Waals surface area contributed by atoms with Gasteiger partial charge in [-0.2, -0.15) is 0 Å². The molecular formula is C13H18FNO2. The minimum absolute atomic E-state index is 0.126. The summed E-state index contributed by atoms with van der Waals surface area (Å²) >= 11 is 0. The van der Waals surface area contributed by atoms with Gasteiger partial charge in [0.05, 0.1) is 12.5 Å². The quantitative estimate of drug-likeness (QED) is 0.790. The van der Waals surface area contributed by atoms with Gasteiger partial charge in [0.1, 0.15) is 5.82 Å². The molecule has 2 N–H and O–H groups in total. The molecule has 17 heavy (non-hydrogen) atoms. The molecular weight excluding hydrogens is 221 g/mol. The van der Waals surface area contributed by atoms with Gasteiger partial charge in [0.2, 0.25) is 5.91 Å².